The van der Waals surface area contributed by atoms with E-state index >= 15 is 0 Å². The van der Waals surface area contributed by atoms with Gasteiger partial charge in [0.25, 0.3) is 5.69 Å². The standard InChI is InChI=1S/C20H14N2O4.C2H6/c23-20-17-7-2-1-4-13(17)12-26-19-11-15(8-9-18(19)20)21-14-5-3-6-16(10-14)22(24)25;1-2/h1-11,21H,12H2;1-2H3. The summed E-state index contributed by atoms with van der Waals surface area (Å²) < 4.78 is 5.82. The number of ketones is 1. The number of anilines is 2. The van der Waals surface area contributed by atoms with Crippen LogP contribution in [-0.2, 0) is 6.61 Å². The summed E-state index contributed by atoms with van der Waals surface area (Å²) in [4.78, 5) is 23.2. The molecule has 1 heterocycles. The summed E-state index contributed by atoms with van der Waals surface area (Å²) in [5.41, 5.74) is 3.27. The van der Waals surface area contributed by atoms with Crippen LogP contribution in [0.2, 0.25) is 0 Å². The van der Waals surface area contributed by atoms with E-state index in [0.29, 0.717) is 34.9 Å². The molecule has 0 aromatic heterocycles. The Hall–Kier alpha value is -3.67. The van der Waals surface area contributed by atoms with Crippen LogP contribution in [0.15, 0.2) is 66.7 Å². The number of rotatable bonds is 3. The smallest absolute Gasteiger partial charge is 0.271 e. The molecule has 0 amide bonds. The fraction of sp³-hybridized carbons (Fsp3) is 0.136. The second kappa shape index (κ2) is 8.35. The number of ether oxygens (including phenoxy) is 1. The van der Waals surface area contributed by atoms with Crippen molar-refractivity contribution in [1.82, 2.24) is 0 Å². The Bertz CT molecular complexity index is 1030. The van der Waals surface area contributed by atoms with Crippen molar-refractivity contribution >= 4 is 22.8 Å². The van der Waals surface area contributed by atoms with Gasteiger partial charge in [0.15, 0.2) is 5.78 Å². The summed E-state index contributed by atoms with van der Waals surface area (Å²) in [5, 5.41) is 14.0. The van der Waals surface area contributed by atoms with Gasteiger partial charge in [0.1, 0.15) is 12.4 Å². The lowest BCUT2D eigenvalue weighted by molar-refractivity contribution is -0.384. The van der Waals surface area contributed by atoms with Gasteiger partial charge in [0.2, 0.25) is 0 Å². The lowest BCUT2D eigenvalue weighted by atomic mass is 9.99. The number of nitrogens with zero attached hydrogens (tertiary/aromatic N) is 1. The van der Waals surface area contributed by atoms with Crippen LogP contribution in [0, 0.1) is 10.1 Å². The van der Waals surface area contributed by atoms with Crippen molar-refractivity contribution in [2.75, 3.05) is 5.32 Å². The van der Waals surface area contributed by atoms with E-state index in [2.05, 4.69) is 5.32 Å². The van der Waals surface area contributed by atoms with Crippen molar-refractivity contribution in [3.05, 3.63) is 93.5 Å². The number of hydrogen-bond acceptors (Lipinski definition) is 5. The summed E-state index contributed by atoms with van der Waals surface area (Å²) >= 11 is 0. The number of carbonyl (C=O) groups is 1. The lowest BCUT2D eigenvalue weighted by Crippen LogP contribution is -2.02. The SMILES string of the molecule is CC.O=C1c2ccccc2COc2cc(Nc3cccc([N+](=O)[O-])c3)ccc21. The summed E-state index contributed by atoms with van der Waals surface area (Å²) in [6.07, 6.45) is 0. The van der Waals surface area contributed by atoms with Crippen LogP contribution in [0.1, 0.15) is 35.3 Å². The molecule has 0 bridgehead atoms. The van der Waals surface area contributed by atoms with E-state index in [9.17, 15) is 14.9 Å². The number of benzene rings is 3. The molecule has 0 fully saturated rings. The van der Waals surface area contributed by atoms with Crippen LogP contribution >= 0.6 is 0 Å². The maximum absolute atomic E-state index is 12.7. The fourth-order valence-corrected chi connectivity index (χ4v) is 2.94. The number of non-ortho nitro benzene ring substituents is 1. The molecule has 1 N–H and O–H groups in total. The van der Waals surface area contributed by atoms with Crippen molar-refractivity contribution in [3.63, 3.8) is 0 Å². The summed E-state index contributed by atoms with van der Waals surface area (Å²) in [7, 11) is 0. The minimum Gasteiger partial charge on any atom is -0.488 e. The van der Waals surface area contributed by atoms with E-state index in [1.807, 2.05) is 32.0 Å². The van der Waals surface area contributed by atoms with E-state index in [1.165, 1.54) is 12.1 Å². The van der Waals surface area contributed by atoms with Gasteiger partial charge in [-0.15, -0.1) is 0 Å². The molecule has 0 saturated heterocycles. The molecule has 1 aliphatic heterocycles. The van der Waals surface area contributed by atoms with Gasteiger partial charge in [0, 0.05) is 40.7 Å². The molecule has 0 spiro atoms. The van der Waals surface area contributed by atoms with Gasteiger partial charge in [-0.25, -0.2) is 0 Å². The Morgan fingerprint density at radius 1 is 0.929 bits per heavy atom. The molecular formula is C22H20N2O4. The Morgan fingerprint density at radius 2 is 1.68 bits per heavy atom. The van der Waals surface area contributed by atoms with E-state index in [-0.39, 0.29) is 11.5 Å². The van der Waals surface area contributed by atoms with E-state index in [1.54, 1.807) is 36.4 Å². The van der Waals surface area contributed by atoms with Crippen LogP contribution in [0.4, 0.5) is 17.1 Å². The fourth-order valence-electron chi connectivity index (χ4n) is 2.94. The number of nitro groups is 1. The van der Waals surface area contributed by atoms with Crippen LogP contribution in [-0.4, -0.2) is 10.7 Å². The Morgan fingerprint density at radius 3 is 2.46 bits per heavy atom. The maximum atomic E-state index is 12.7. The largest absolute Gasteiger partial charge is 0.488 e. The molecule has 0 atom stereocenters. The van der Waals surface area contributed by atoms with E-state index in [0.717, 1.165) is 5.56 Å². The first-order valence-corrected chi connectivity index (χ1v) is 9.03. The average Bonchev–Trinajstić information content (AvgIpc) is 2.87. The molecule has 6 nitrogen and oxygen atoms in total. The Labute approximate surface area is 162 Å². The predicted molar refractivity (Wildman–Crippen MR) is 108 cm³/mol. The molecule has 0 unspecified atom stereocenters. The van der Waals surface area contributed by atoms with Crippen molar-refractivity contribution in [1.29, 1.82) is 0 Å². The van der Waals surface area contributed by atoms with Crippen LogP contribution in [0.5, 0.6) is 5.75 Å². The third-order valence-corrected chi connectivity index (χ3v) is 4.22. The molecule has 6 heteroatoms. The third kappa shape index (κ3) is 3.86. The Kier molecular flexibility index (Phi) is 5.69. The number of nitro benzene ring substituents is 1. The maximum Gasteiger partial charge on any atom is 0.271 e. The molecular weight excluding hydrogens is 356 g/mol. The van der Waals surface area contributed by atoms with E-state index < -0.39 is 4.92 Å². The number of carbonyl (C=O) groups excluding carboxylic acids is 1. The number of fused-ring (bicyclic) bond motifs is 2. The molecule has 28 heavy (non-hydrogen) atoms. The molecule has 0 aliphatic carbocycles. The zero-order valence-electron chi connectivity index (χ0n) is 15.6. The molecule has 3 aromatic carbocycles. The van der Waals surface area contributed by atoms with Crippen molar-refractivity contribution < 1.29 is 14.5 Å². The molecule has 3 aromatic rings. The number of hydrogen-bond donors (Lipinski definition) is 1. The van der Waals surface area contributed by atoms with Crippen LogP contribution in [0.3, 0.4) is 0 Å². The van der Waals surface area contributed by atoms with Gasteiger partial charge < -0.3 is 10.1 Å². The highest BCUT2D eigenvalue weighted by molar-refractivity contribution is 6.12. The zero-order valence-corrected chi connectivity index (χ0v) is 15.6. The summed E-state index contributed by atoms with van der Waals surface area (Å²) in [6, 6.07) is 18.8. The minimum atomic E-state index is -0.443. The third-order valence-electron chi connectivity index (χ3n) is 4.22. The molecule has 0 saturated carbocycles. The highest BCUT2D eigenvalue weighted by atomic mass is 16.6. The highest BCUT2D eigenvalue weighted by Gasteiger charge is 2.22. The van der Waals surface area contributed by atoms with Gasteiger partial charge in [-0.05, 0) is 18.2 Å². The normalized spacial score (nSPS) is 11.7. The van der Waals surface area contributed by atoms with Gasteiger partial charge in [-0.2, -0.15) is 0 Å². The molecule has 0 radical (unpaired) electrons. The van der Waals surface area contributed by atoms with Crippen LogP contribution in [0.25, 0.3) is 0 Å². The first kappa shape index (κ1) is 19.1. The average molecular weight is 376 g/mol. The predicted octanol–water partition coefficient (Wildman–Crippen LogP) is 5.49. The van der Waals surface area contributed by atoms with Gasteiger partial charge in [0.05, 0.1) is 10.5 Å². The van der Waals surface area contributed by atoms with Crippen molar-refractivity contribution in [2.45, 2.75) is 20.5 Å². The topological polar surface area (TPSA) is 81.5 Å². The summed E-state index contributed by atoms with van der Waals surface area (Å²) in [5.74, 6) is 0.414. The number of nitrogens with one attached hydrogen (secondary N) is 1. The van der Waals surface area contributed by atoms with Gasteiger partial charge in [-0.1, -0.05) is 44.2 Å². The second-order valence-corrected chi connectivity index (χ2v) is 5.92. The molecule has 142 valence electrons. The molecule has 1 aliphatic rings. The van der Waals surface area contributed by atoms with E-state index in [4.69, 9.17) is 4.74 Å². The molecule has 4 rings (SSSR count). The summed E-state index contributed by atoms with van der Waals surface area (Å²) in [6.45, 7) is 4.31. The first-order valence-electron chi connectivity index (χ1n) is 9.03. The monoisotopic (exact) mass is 376 g/mol. The van der Waals surface area contributed by atoms with Crippen LogP contribution < -0.4 is 10.1 Å². The second-order valence-electron chi connectivity index (χ2n) is 5.92. The lowest BCUT2D eigenvalue weighted by Gasteiger charge is -2.11. The van der Waals surface area contributed by atoms with Gasteiger partial charge >= 0.3 is 0 Å². The van der Waals surface area contributed by atoms with Crippen molar-refractivity contribution in [3.8, 4) is 5.75 Å². The first-order chi connectivity index (χ1) is 13.6. The zero-order chi connectivity index (χ0) is 20.1. The Balaban J connectivity index is 0.00000109. The van der Waals surface area contributed by atoms with Crippen molar-refractivity contribution in [2.24, 2.45) is 0 Å². The van der Waals surface area contributed by atoms with Gasteiger partial charge in [-0.3, -0.25) is 14.9 Å². The quantitative estimate of drug-likeness (QED) is 0.483. The highest BCUT2D eigenvalue weighted by Crippen LogP contribution is 2.32. The minimum absolute atomic E-state index is 0.00615.